The van der Waals surface area contributed by atoms with E-state index in [1.54, 1.807) is 16.2 Å². The van der Waals surface area contributed by atoms with Crippen molar-refractivity contribution in [2.45, 2.75) is 45.2 Å². The molecule has 1 aliphatic carbocycles. The number of benzene rings is 2. The molecule has 2 amide bonds. The average molecular weight is 493 g/mol. The first-order valence-electron chi connectivity index (χ1n) is 12.0. The van der Waals surface area contributed by atoms with Gasteiger partial charge in [0.25, 0.3) is 5.91 Å². The van der Waals surface area contributed by atoms with Gasteiger partial charge in [0.15, 0.2) is 0 Å². The number of ether oxygens (including phenoxy) is 1. The van der Waals surface area contributed by atoms with E-state index < -0.39 is 0 Å². The zero-order valence-corrected chi connectivity index (χ0v) is 20.8. The zero-order chi connectivity index (χ0) is 24.5. The molecule has 2 aromatic carbocycles. The molecule has 1 aliphatic heterocycles. The molecule has 2 aliphatic rings. The summed E-state index contributed by atoms with van der Waals surface area (Å²) in [4.78, 5) is 31.6. The van der Waals surface area contributed by atoms with Crippen LogP contribution in [0.2, 0.25) is 0 Å². The number of amides is 2. The number of hydrogen-bond donors (Lipinski definition) is 0. The molecule has 1 atom stereocenters. The molecular weight excluding hydrogens is 463 g/mol. The fourth-order valence-electron chi connectivity index (χ4n) is 4.75. The van der Waals surface area contributed by atoms with Crippen LogP contribution >= 0.6 is 11.3 Å². The first kappa shape index (κ1) is 23.5. The molecule has 1 aromatic heterocycles. The molecule has 0 spiro atoms. The summed E-state index contributed by atoms with van der Waals surface area (Å²) in [6.07, 6.45) is 2.57. The van der Waals surface area contributed by atoms with Crippen LogP contribution in [0.1, 0.15) is 50.8 Å². The fourth-order valence-corrected chi connectivity index (χ4v) is 5.68. The van der Waals surface area contributed by atoms with Crippen LogP contribution in [0.15, 0.2) is 53.9 Å². The van der Waals surface area contributed by atoms with E-state index in [0.29, 0.717) is 18.7 Å². The van der Waals surface area contributed by atoms with Gasteiger partial charge in [-0.25, -0.2) is 4.39 Å². The van der Waals surface area contributed by atoms with Crippen molar-refractivity contribution in [3.05, 3.63) is 86.9 Å². The van der Waals surface area contributed by atoms with Crippen LogP contribution in [0.4, 0.5) is 4.39 Å². The zero-order valence-electron chi connectivity index (χ0n) is 20.0. The maximum atomic E-state index is 13.6. The van der Waals surface area contributed by atoms with Gasteiger partial charge in [0.1, 0.15) is 24.7 Å². The monoisotopic (exact) mass is 492 g/mol. The van der Waals surface area contributed by atoms with E-state index in [0.717, 1.165) is 36.1 Å². The molecular formula is C28H29FN2O3S. The van der Waals surface area contributed by atoms with Gasteiger partial charge in [0, 0.05) is 23.0 Å². The number of thiophene rings is 1. The SMILES string of the molecule is Cc1ccc(OC[C@@H]2c3ccsc3CCN2C(=O)CN(C(=O)c2ccc(F)cc2)C2CC2)c(C)c1. The molecule has 35 heavy (non-hydrogen) atoms. The van der Waals surface area contributed by atoms with Gasteiger partial charge in [-0.05, 0) is 86.0 Å². The number of hydrogen-bond acceptors (Lipinski definition) is 4. The third-order valence-corrected chi connectivity index (χ3v) is 7.78. The van der Waals surface area contributed by atoms with Gasteiger partial charge in [-0.2, -0.15) is 0 Å². The van der Waals surface area contributed by atoms with Crippen LogP contribution in [0, 0.1) is 19.7 Å². The molecule has 3 aromatic rings. The minimum absolute atomic E-state index is 0.0143. The normalized spacial score (nSPS) is 17.1. The summed E-state index contributed by atoms with van der Waals surface area (Å²) in [6, 6.07) is 13.5. The third-order valence-electron chi connectivity index (χ3n) is 6.79. The van der Waals surface area contributed by atoms with Gasteiger partial charge >= 0.3 is 0 Å². The summed E-state index contributed by atoms with van der Waals surface area (Å²) < 4.78 is 19.6. The highest BCUT2D eigenvalue weighted by atomic mass is 32.1. The van der Waals surface area contributed by atoms with Gasteiger partial charge in [0.05, 0.1) is 6.04 Å². The van der Waals surface area contributed by atoms with Gasteiger partial charge in [-0.15, -0.1) is 11.3 Å². The molecule has 182 valence electrons. The standard InChI is InChI=1S/C28H29FN2O3S/c1-18-3-10-25(19(2)15-18)34-17-24-23-12-14-35-26(23)11-13-30(24)27(32)16-31(22-8-9-22)28(33)20-4-6-21(29)7-5-20/h3-7,10,12,14-15,22,24H,8-9,11,13,16-17H2,1-2H3/t24-/m1/s1. The van der Waals surface area contributed by atoms with Crippen LogP contribution < -0.4 is 4.74 Å². The largest absolute Gasteiger partial charge is 0.491 e. The lowest BCUT2D eigenvalue weighted by molar-refractivity contribution is -0.135. The quantitative estimate of drug-likeness (QED) is 0.449. The maximum Gasteiger partial charge on any atom is 0.254 e. The van der Waals surface area contributed by atoms with Gasteiger partial charge in [0.2, 0.25) is 5.91 Å². The Kier molecular flexibility index (Phi) is 6.60. The van der Waals surface area contributed by atoms with Crippen molar-refractivity contribution in [1.82, 2.24) is 9.80 Å². The van der Waals surface area contributed by atoms with E-state index in [1.165, 1.54) is 34.7 Å². The molecule has 0 radical (unpaired) electrons. The van der Waals surface area contributed by atoms with Crippen molar-refractivity contribution in [2.24, 2.45) is 0 Å². The first-order chi connectivity index (χ1) is 16.9. The summed E-state index contributed by atoms with van der Waals surface area (Å²) in [6.45, 7) is 5.04. The molecule has 5 nitrogen and oxygen atoms in total. The van der Waals surface area contributed by atoms with Gasteiger partial charge in [-0.3, -0.25) is 9.59 Å². The summed E-state index contributed by atoms with van der Waals surface area (Å²) in [5.74, 6) is 0.120. The number of carbonyl (C=O) groups excluding carboxylic acids is 2. The summed E-state index contributed by atoms with van der Waals surface area (Å²) >= 11 is 1.71. The molecule has 0 N–H and O–H groups in total. The van der Waals surface area contributed by atoms with E-state index in [-0.39, 0.29) is 36.3 Å². The third kappa shape index (κ3) is 5.10. The molecule has 1 fully saturated rings. The van der Waals surface area contributed by atoms with E-state index in [2.05, 4.69) is 24.4 Å². The Morgan fingerprint density at radius 3 is 2.60 bits per heavy atom. The Morgan fingerprint density at radius 2 is 1.89 bits per heavy atom. The Hall–Kier alpha value is -3.19. The van der Waals surface area contributed by atoms with Crippen molar-refractivity contribution in [1.29, 1.82) is 0 Å². The molecule has 1 saturated carbocycles. The van der Waals surface area contributed by atoms with E-state index >= 15 is 0 Å². The van der Waals surface area contributed by atoms with Crippen molar-refractivity contribution in [2.75, 3.05) is 19.7 Å². The summed E-state index contributed by atoms with van der Waals surface area (Å²) in [7, 11) is 0. The molecule has 2 heterocycles. The van der Waals surface area contributed by atoms with Crippen LogP contribution in [0.5, 0.6) is 5.75 Å². The van der Waals surface area contributed by atoms with Crippen LogP contribution in [-0.2, 0) is 11.2 Å². The summed E-state index contributed by atoms with van der Waals surface area (Å²) in [5, 5.41) is 2.07. The molecule has 7 heteroatoms. The van der Waals surface area contributed by atoms with Crippen LogP contribution in [0.25, 0.3) is 0 Å². The van der Waals surface area contributed by atoms with Crippen LogP contribution in [0.3, 0.4) is 0 Å². The Labute approximate surface area is 209 Å². The lowest BCUT2D eigenvalue weighted by Gasteiger charge is -2.37. The number of aryl methyl sites for hydroxylation is 2. The predicted octanol–water partition coefficient (Wildman–Crippen LogP) is 5.31. The number of fused-ring (bicyclic) bond motifs is 1. The number of carbonyl (C=O) groups is 2. The van der Waals surface area contributed by atoms with E-state index in [4.69, 9.17) is 4.74 Å². The second-order valence-electron chi connectivity index (χ2n) is 9.40. The second-order valence-corrected chi connectivity index (χ2v) is 10.4. The second kappa shape index (κ2) is 9.82. The average Bonchev–Trinajstić information content (AvgIpc) is 3.57. The highest BCUT2D eigenvalue weighted by Gasteiger charge is 2.38. The first-order valence-corrected chi connectivity index (χ1v) is 12.9. The smallest absolute Gasteiger partial charge is 0.254 e. The summed E-state index contributed by atoms with van der Waals surface area (Å²) in [5.41, 5.74) is 3.77. The van der Waals surface area contributed by atoms with Crippen molar-refractivity contribution in [3.63, 3.8) is 0 Å². The molecule has 0 unspecified atom stereocenters. The molecule has 5 rings (SSSR count). The maximum absolute atomic E-state index is 13.6. The topological polar surface area (TPSA) is 49.9 Å². The molecule has 0 bridgehead atoms. The Balaban J connectivity index is 1.34. The Morgan fingerprint density at radius 1 is 1.11 bits per heavy atom. The fraction of sp³-hybridized carbons (Fsp3) is 0.357. The highest BCUT2D eigenvalue weighted by Crippen LogP contribution is 2.35. The lowest BCUT2D eigenvalue weighted by atomic mass is 10.00. The van der Waals surface area contributed by atoms with E-state index in [9.17, 15) is 14.0 Å². The predicted molar refractivity (Wildman–Crippen MR) is 134 cm³/mol. The van der Waals surface area contributed by atoms with Gasteiger partial charge in [-0.1, -0.05) is 17.7 Å². The van der Waals surface area contributed by atoms with Crippen LogP contribution in [-0.4, -0.2) is 47.4 Å². The lowest BCUT2D eigenvalue weighted by Crippen LogP contribution is -2.48. The van der Waals surface area contributed by atoms with Crippen molar-refractivity contribution < 1.29 is 18.7 Å². The minimum atomic E-state index is -0.387. The van der Waals surface area contributed by atoms with Crippen molar-refractivity contribution >= 4 is 23.2 Å². The Bertz CT molecular complexity index is 1240. The number of rotatable bonds is 7. The molecule has 0 saturated heterocycles. The van der Waals surface area contributed by atoms with Crippen molar-refractivity contribution in [3.8, 4) is 5.75 Å². The highest BCUT2D eigenvalue weighted by molar-refractivity contribution is 7.10. The van der Waals surface area contributed by atoms with E-state index in [1.807, 2.05) is 24.0 Å². The van der Waals surface area contributed by atoms with Gasteiger partial charge < -0.3 is 14.5 Å². The number of nitrogens with zero attached hydrogens (tertiary/aromatic N) is 2. The minimum Gasteiger partial charge on any atom is -0.491 e. The number of halogens is 1.